The quantitative estimate of drug-likeness (QED) is 0.530. The zero-order valence-electron chi connectivity index (χ0n) is 11.4. The standard InChI is InChI=1S/C10H8F14O/c11-3(7(13,14)15)1-5(9(19,20)21)25-6(10(22,23)24)2-4(12)8(16,17)18/h3-6H,1-2H2. The monoisotopic (exact) mass is 410 g/mol. The molecule has 0 aromatic heterocycles. The fourth-order valence-corrected chi connectivity index (χ4v) is 1.37. The van der Waals surface area contributed by atoms with Crippen LogP contribution in [-0.2, 0) is 4.74 Å². The van der Waals surface area contributed by atoms with E-state index in [1.54, 1.807) is 0 Å². The van der Waals surface area contributed by atoms with E-state index in [9.17, 15) is 61.5 Å². The number of hydrogen-bond donors (Lipinski definition) is 0. The van der Waals surface area contributed by atoms with Crippen LogP contribution in [0.25, 0.3) is 0 Å². The highest BCUT2D eigenvalue weighted by Gasteiger charge is 2.55. The highest BCUT2D eigenvalue weighted by atomic mass is 19.4. The van der Waals surface area contributed by atoms with Gasteiger partial charge in [0.2, 0.25) is 0 Å². The van der Waals surface area contributed by atoms with Gasteiger partial charge in [0.15, 0.2) is 24.6 Å². The Labute approximate surface area is 129 Å². The fourth-order valence-electron chi connectivity index (χ4n) is 1.37. The van der Waals surface area contributed by atoms with Gasteiger partial charge in [0.05, 0.1) is 0 Å². The van der Waals surface area contributed by atoms with Crippen molar-refractivity contribution in [3.63, 3.8) is 0 Å². The Kier molecular flexibility index (Phi) is 7.38. The molecule has 0 saturated heterocycles. The molecule has 4 unspecified atom stereocenters. The first-order chi connectivity index (χ1) is 10.8. The summed E-state index contributed by atoms with van der Waals surface area (Å²) in [5, 5.41) is 0. The summed E-state index contributed by atoms with van der Waals surface area (Å²) in [4.78, 5) is 0. The van der Waals surface area contributed by atoms with Crippen molar-refractivity contribution in [3.05, 3.63) is 0 Å². The average molecular weight is 410 g/mol. The van der Waals surface area contributed by atoms with Gasteiger partial charge in [-0.25, -0.2) is 8.78 Å². The summed E-state index contributed by atoms with van der Waals surface area (Å²) in [5.74, 6) is 0. The third kappa shape index (κ3) is 8.27. The predicted octanol–water partition coefficient (Wildman–Crippen LogP) is 5.45. The molecule has 0 aliphatic carbocycles. The Morgan fingerprint density at radius 2 is 0.720 bits per heavy atom. The summed E-state index contributed by atoms with van der Waals surface area (Å²) in [7, 11) is 0. The van der Waals surface area contributed by atoms with Gasteiger partial charge in [-0.15, -0.1) is 0 Å². The average Bonchev–Trinajstić information content (AvgIpc) is 2.31. The van der Waals surface area contributed by atoms with Gasteiger partial charge in [0.25, 0.3) is 0 Å². The molecule has 0 aliphatic heterocycles. The van der Waals surface area contributed by atoms with E-state index < -0.39 is 62.1 Å². The normalized spacial score (nSPS) is 19.4. The van der Waals surface area contributed by atoms with Crippen LogP contribution >= 0.6 is 0 Å². The zero-order valence-corrected chi connectivity index (χ0v) is 11.4. The highest BCUT2D eigenvalue weighted by Crippen LogP contribution is 2.38. The van der Waals surface area contributed by atoms with Crippen LogP contribution in [-0.4, -0.2) is 49.3 Å². The van der Waals surface area contributed by atoms with E-state index in [1.807, 2.05) is 0 Å². The molecule has 25 heavy (non-hydrogen) atoms. The molecule has 0 spiro atoms. The van der Waals surface area contributed by atoms with Crippen LogP contribution in [0.2, 0.25) is 0 Å². The molecule has 4 atom stereocenters. The lowest BCUT2D eigenvalue weighted by Gasteiger charge is -2.30. The van der Waals surface area contributed by atoms with Crippen molar-refractivity contribution in [2.75, 3.05) is 0 Å². The number of ether oxygens (including phenoxy) is 1. The Morgan fingerprint density at radius 3 is 0.880 bits per heavy atom. The highest BCUT2D eigenvalue weighted by molar-refractivity contribution is 4.82. The molecule has 0 aromatic carbocycles. The lowest BCUT2D eigenvalue weighted by molar-refractivity contribution is -0.303. The zero-order chi connectivity index (χ0) is 20.4. The topological polar surface area (TPSA) is 9.23 Å². The lowest BCUT2D eigenvalue weighted by Crippen LogP contribution is -2.46. The van der Waals surface area contributed by atoms with Crippen LogP contribution in [0.5, 0.6) is 0 Å². The van der Waals surface area contributed by atoms with E-state index in [2.05, 4.69) is 4.74 Å². The first kappa shape index (κ1) is 24.0. The lowest BCUT2D eigenvalue weighted by atomic mass is 10.1. The Bertz CT molecular complexity index is 366. The number of alkyl halides is 14. The van der Waals surface area contributed by atoms with Crippen molar-refractivity contribution in [3.8, 4) is 0 Å². The molecule has 0 amide bonds. The summed E-state index contributed by atoms with van der Waals surface area (Å²) in [6.07, 6.45) is -45.8. The van der Waals surface area contributed by atoms with Crippen molar-refractivity contribution >= 4 is 0 Å². The third-order valence-electron chi connectivity index (χ3n) is 2.61. The summed E-state index contributed by atoms with van der Waals surface area (Å²) in [6.45, 7) is 0. The summed E-state index contributed by atoms with van der Waals surface area (Å²) in [6, 6.07) is 0. The van der Waals surface area contributed by atoms with E-state index in [0.717, 1.165) is 0 Å². The van der Waals surface area contributed by atoms with E-state index in [4.69, 9.17) is 0 Å². The van der Waals surface area contributed by atoms with Crippen molar-refractivity contribution in [1.29, 1.82) is 0 Å². The van der Waals surface area contributed by atoms with Crippen LogP contribution in [0.3, 0.4) is 0 Å². The second kappa shape index (κ2) is 7.70. The Hall–Kier alpha value is -1.02. The molecule has 152 valence electrons. The van der Waals surface area contributed by atoms with Crippen molar-refractivity contribution in [2.24, 2.45) is 0 Å². The maximum absolute atomic E-state index is 12.6. The minimum atomic E-state index is -5.98. The summed E-state index contributed by atoms with van der Waals surface area (Å²) in [5.41, 5.74) is 0. The first-order valence-corrected chi connectivity index (χ1v) is 5.96. The minimum Gasteiger partial charge on any atom is -0.356 e. The molecular formula is C10H8F14O. The van der Waals surface area contributed by atoms with E-state index in [-0.39, 0.29) is 0 Å². The molecular weight excluding hydrogens is 402 g/mol. The van der Waals surface area contributed by atoms with Crippen LogP contribution in [0.15, 0.2) is 0 Å². The van der Waals surface area contributed by atoms with E-state index in [0.29, 0.717) is 0 Å². The van der Waals surface area contributed by atoms with Gasteiger partial charge in [-0.3, -0.25) is 0 Å². The fraction of sp³-hybridized carbons (Fsp3) is 1.00. The smallest absolute Gasteiger partial charge is 0.356 e. The second-order valence-corrected chi connectivity index (χ2v) is 4.69. The van der Waals surface area contributed by atoms with E-state index >= 15 is 0 Å². The van der Waals surface area contributed by atoms with Gasteiger partial charge in [-0.2, -0.15) is 52.7 Å². The summed E-state index contributed by atoms with van der Waals surface area (Å²) >= 11 is 0. The van der Waals surface area contributed by atoms with Crippen LogP contribution in [0.1, 0.15) is 12.8 Å². The molecule has 0 bridgehead atoms. The number of hydrogen-bond acceptors (Lipinski definition) is 1. The van der Waals surface area contributed by atoms with Gasteiger partial charge < -0.3 is 4.74 Å². The van der Waals surface area contributed by atoms with Gasteiger partial charge in [0, 0.05) is 12.8 Å². The van der Waals surface area contributed by atoms with Crippen molar-refractivity contribution < 1.29 is 66.2 Å². The van der Waals surface area contributed by atoms with Gasteiger partial charge in [0.1, 0.15) is 0 Å². The van der Waals surface area contributed by atoms with Crippen LogP contribution in [0, 0.1) is 0 Å². The SMILES string of the molecule is FC(CC(OC(CC(F)C(F)(F)F)C(F)(F)F)C(F)(F)F)C(F)(F)F. The molecule has 0 heterocycles. The molecule has 15 heteroatoms. The first-order valence-electron chi connectivity index (χ1n) is 5.96. The Morgan fingerprint density at radius 1 is 0.480 bits per heavy atom. The molecule has 0 N–H and O–H groups in total. The van der Waals surface area contributed by atoms with Gasteiger partial charge >= 0.3 is 24.7 Å². The third-order valence-corrected chi connectivity index (χ3v) is 2.61. The van der Waals surface area contributed by atoms with Crippen molar-refractivity contribution in [1.82, 2.24) is 0 Å². The molecule has 0 aliphatic rings. The predicted molar refractivity (Wildman–Crippen MR) is 51.9 cm³/mol. The molecule has 0 aromatic rings. The maximum Gasteiger partial charge on any atom is 0.419 e. The second-order valence-electron chi connectivity index (χ2n) is 4.69. The summed E-state index contributed by atoms with van der Waals surface area (Å²) < 4.78 is 175. The molecule has 0 saturated carbocycles. The molecule has 0 radical (unpaired) electrons. The number of halogens is 14. The Balaban J connectivity index is 5.42. The van der Waals surface area contributed by atoms with Crippen LogP contribution in [0.4, 0.5) is 61.5 Å². The molecule has 0 rings (SSSR count). The van der Waals surface area contributed by atoms with Crippen molar-refractivity contribution in [2.45, 2.75) is 62.1 Å². The maximum atomic E-state index is 12.6. The molecule has 0 fully saturated rings. The van der Waals surface area contributed by atoms with Gasteiger partial charge in [-0.1, -0.05) is 0 Å². The van der Waals surface area contributed by atoms with Gasteiger partial charge in [-0.05, 0) is 0 Å². The minimum absolute atomic E-state index is 2.69. The van der Waals surface area contributed by atoms with Crippen LogP contribution < -0.4 is 0 Å². The molecule has 1 nitrogen and oxygen atoms in total. The van der Waals surface area contributed by atoms with E-state index in [1.165, 1.54) is 0 Å². The largest absolute Gasteiger partial charge is 0.419 e. The number of rotatable bonds is 6.